The number of aliphatic hydroxyl groups is 2. The zero-order valence-corrected chi connectivity index (χ0v) is 16.3. The lowest BCUT2D eigenvalue weighted by molar-refractivity contribution is -0.126. The van der Waals surface area contributed by atoms with Crippen LogP contribution in [-0.4, -0.2) is 50.5 Å². The zero-order valence-electron chi connectivity index (χ0n) is 13.9. The van der Waals surface area contributed by atoms with Gasteiger partial charge in [0.1, 0.15) is 6.10 Å². The van der Waals surface area contributed by atoms with E-state index in [0.717, 1.165) is 5.69 Å². The van der Waals surface area contributed by atoms with Gasteiger partial charge in [-0.25, -0.2) is 4.98 Å². The van der Waals surface area contributed by atoms with Gasteiger partial charge in [0.2, 0.25) is 5.91 Å². The van der Waals surface area contributed by atoms with Crippen LogP contribution in [0.3, 0.4) is 0 Å². The molecule has 1 aliphatic heterocycles. The van der Waals surface area contributed by atoms with Crippen LogP contribution >= 0.6 is 35.2 Å². The van der Waals surface area contributed by atoms with Crippen molar-refractivity contribution in [1.82, 2.24) is 10.3 Å². The first-order valence-electron chi connectivity index (χ1n) is 8.37. The Bertz CT molecular complexity index is 848. The van der Waals surface area contributed by atoms with Gasteiger partial charge in [-0.05, 0) is 42.9 Å². The summed E-state index contributed by atoms with van der Waals surface area (Å²) in [5.74, 6) is -0.864. The lowest BCUT2D eigenvalue weighted by Gasteiger charge is -2.41. The monoisotopic (exact) mass is 424 g/mol. The summed E-state index contributed by atoms with van der Waals surface area (Å²) in [5, 5.41) is 29.9. The first-order chi connectivity index (χ1) is 13.0. The third-order valence-corrected chi connectivity index (χ3v) is 6.20. The van der Waals surface area contributed by atoms with Crippen molar-refractivity contribution in [2.24, 2.45) is 5.92 Å². The molecule has 2 aliphatic rings. The molecule has 1 aliphatic carbocycles. The van der Waals surface area contributed by atoms with E-state index in [9.17, 15) is 15.0 Å². The molecule has 10 heteroatoms. The maximum Gasteiger partial charge on any atom is 0.231 e. The summed E-state index contributed by atoms with van der Waals surface area (Å²) in [6, 6.07) is 6.09. The first-order valence-corrected chi connectivity index (χ1v) is 10.0. The summed E-state index contributed by atoms with van der Waals surface area (Å²) in [6.45, 7) is 0. The number of thiazole rings is 1. The summed E-state index contributed by atoms with van der Waals surface area (Å²) in [5.41, 5.74) is 0.764. The molecular formula is C17H17ClN4O3S2. The number of hydrogen-bond acceptors (Lipinski definition) is 6. The summed E-state index contributed by atoms with van der Waals surface area (Å²) < 4.78 is 0. The maximum absolute atomic E-state index is 12.9. The predicted molar refractivity (Wildman–Crippen MR) is 108 cm³/mol. The molecule has 4 N–H and O–H groups in total. The second-order valence-corrected chi connectivity index (χ2v) is 8.26. The Morgan fingerprint density at radius 2 is 2.11 bits per heavy atom. The molecule has 27 heavy (non-hydrogen) atoms. The Labute approximate surface area is 170 Å². The average molecular weight is 425 g/mol. The van der Waals surface area contributed by atoms with Gasteiger partial charge in [0.05, 0.1) is 24.1 Å². The summed E-state index contributed by atoms with van der Waals surface area (Å²) in [4.78, 5) is 18.8. The number of hydrogen-bond donors (Lipinski definition) is 4. The number of carbonyl (C=O) groups excluding carboxylic acids is 1. The highest BCUT2D eigenvalue weighted by atomic mass is 35.5. The van der Waals surface area contributed by atoms with Gasteiger partial charge in [-0.1, -0.05) is 11.6 Å². The number of aliphatic hydroxyl groups excluding tert-OH is 2. The van der Waals surface area contributed by atoms with E-state index in [1.807, 2.05) is 17.0 Å². The fourth-order valence-electron chi connectivity index (χ4n) is 3.73. The van der Waals surface area contributed by atoms with Crippen LogP contribution in [0.15, 0.2) is 35.8 Å². The molecule has 1 amide bonds. The Hall–Kier alpha value is -1.78. The van der Waals surface area contributed by atoms with E-state index < -0.39 is 30.2 Å². The molecule has 0 radical (unpaired) electrons. The minimum absolute atomic E-state index is 0.119. The van der Waals surface area contributed by atoms with Crippen molar-refractivity contribution in [3.8, 4) is 0 Å². The number of anilines is 2. The highest BCUT2D eigenvalue weighted by molar-refractivity contribution is 7.80. The second-order valence-electron chi connectivity index (χ2n) is 6.54. The van der Waals surface area contributed by atoms with Crippen LogP contribution in [0.1, 0.15) is 6.42 Å². The van der Waals surface area contributed by atoms with Crippen molar-refractivity contribution in [1.29, 1.82) is 0 Å². The SMILES string of the molecule is O=C(Nc1nccs1)C1CC(O)C(O)C2NC(=S)N(c3ccc(Cl)cc3)C12. The highest BCUT2D eigenvalue weighted by Crippen LogP contribution is 2.37. The van der Waals surface area contributed by atoms with Gasteiger partial charge in [-0.2, -0.15) is 0 Å². The molecule has 0 bridgehead atoms. The maximum atomic E-state index is 12.9. The number of benzene rings is 1. The standard InChI is InChI=1S/C17H17ClN4O3S2/c18-8-1-3-9(4-2-8)22-13-10(15(25)21-16-19-5-6-27-16)7-11(23)14(24)12(13)20-17(22)26/h1-6,10-14,23-24H,7H2,(H,20,26)(H,19,21,25). The Morgan fingerprint density at radius 3 is 2.78 bits per heavy atom. The number of aromatic nitrogens is 1. The van der Waals surface area contributed by atoms with Gasteiger partial charge >= 0.3 is 0 Å². The van der Waals surface area contributed by atoms with E-state index in [0.29, 0.717) is 15.3 Å². The van der Waals surface area contributed by atoms with Gasteiger partial charge in [-0.15, -0.1) is 11.3 Å². The molecule has 4 rings (SSSR count). The minimum Gasteiger partial charge on any atom is -0.390 e. The van der Waals surface area contributed by atoms with Crippen LogP contribution in [0.5, 0.6) is 0 Å². The quantitative estimate of drug-likeness (QED) is 0.556. The molecule has 2 heterocycles. The Morgan fingerprint density at radius 1 is 1.37 bits per heavy atom. The van der Waals surface area contributed by atoms with Crippen molar-refractivity contribution < 1.29 is 15.0 Å². The third-order valence-electron chi connectivity index (χ3n) is 4.95. The predicted octanol–water partition coefficient (Wildman–Crippen LogP) is 1.61. The number of nitrogens with one attached hydrogen (secondary N) is 2. The molecule has 1 saturated carbocycles. The number of thiocarbonyl (C=S) groups is 1. The Balaban J connectivity index is 1.68. The van der Waals surface area contributed by atoms with Crippen LogP contribution in [0.2, 0.25) is 5.02 Å². The fourth-order valence-corrected chi connectivity index (χ4v) is 4.75. The van der Waals surface area contributed by atoms with Gasteiger partial charge in [0.15, 0.2) is 10.2 Å². The summed E-state index contributed by atoms with van der Waals surface area (Å²) >= 11 is 12.8. The largest absolute Gasteiger partial charge is 0.390 e. The lowest BCUT2D eigenvalue weighted by atomic mass is 9.77. The van der Waals surface area contributed by atoms with Crippen LogP contribution in [-0.2, 0) is 4.79 Å². The van der Waals surface area contributed by atoms with Crippen LogP contribution in [0.4, 0.5) is 10.8 Å². The van der Waals surface area contributed by atoms with Gasteiger partial charge in [0, 0.05) is 22.3 Å². The normalized spacial score (nSPS) is 30.0. The molecule has 0 spiro atoms. The molecule has 5 atom stereocenters. The number of rotatable bonds is 3. The van der Waals surface area contributed by atoms with Crippen LogP contribution in [0.25, 0.3) is 0 Å². The number of fused-ring (bicyclic) bond motifs is 1. The van der Waals surface area contributed by atoms with E-state index in [1.165, 1.54) is 11.3 Å². The number of halogens is 1. The van der Waals surface area contributed by atoms with E-state index in [2.05, 4.69) is 15.6 Å². The molecule has 2 aromatic rings. The van der Waals surface area contributed by atoms with Crippen molar-refractivity contribution in [2.75, 3.05) is 10.2 Å². The van der Waals surface area contributed by atoms with Gasteiger partial charge in [-0.3, -0.25) is 4.79 Å². The van der Waals surface area contributed by atoms with Crippen molar-refractivity contribution >= 4 is 57.0 Å². The molecule has 1 aromatic heterocycles. The summed E-state index contributed by atoms with van der Waals surface area (Å²) in [6.07, 6.45) is -0.337. The number of amides is 1. The number of nitrogens with zero attached hydrogens (tertiary/aromatic N) is 2. The fraction of sp³-hybridized carbons (Fsp3) is 0.353. The smallest absolute Gasteiger partial charge is 0.231 e. The third kappa shape index (κ3) is 3.41. The highest BCUT2D eigenvalue weighted by Gasteiger charge is 2.54. The molecule has 1 saturated heterocycles. The molecule has 5 unspecified atom stereocenters. The van der Waals surface area contributed by atoms with E-state index >= 15 is 0 Å². The molecular weight excluding hydrogens is 408 g/mol. The topological polar surface area (TPSA) is 97.7 Å². The van der Waals surface area contributed by atoms with Crippen LogP contribution < -0.4 is 15.5 Å². The molecule has 1 aromatic carbocycles. The van der Waals surface area contributed by atoms with E-state index in [1.54, 1.807) is 23.7 Å². The summed E-state index contributed by atoms with van der Waals surface area (Å²) in [7, 11) is 0. The van der Waals surface area contributed by atoms with Crippen molar-refractivity contribution in [3.05, 3.63) is 40.9 Å². The molecule has 7 nitrogen and oxygen atoms in total. The van der Waals surface area contributed by atoms with E-state index in [-0.39, 0.29) is 12.3 Å². The first kappa shape index (κ1) is 18.6. The van der Waals surface area contributed by atoms with Crippen molar-refractivity contribution in [3.63, 3.8) is 0 Å². The lowest BCUT2D eigenvalue weighted by Crippen LogP contribution is -2.60. The Kier molecular flexibility index (Phi) is 5.04. The van der Waals surface area contributed by atoms with Crippen molar-refractivity contribution in [2.45, 2.75) is 30.7 Å². The van der Waals surface area contributed by atoms with E-state index in [4.69, 9.17) is 23.8 Å². The second kappa shape index (κ2) is 7.33. The minimum atomic E-state index is -1.03. The zero-order chi connectivity index (χ0) is 19.1. The molecule has 2 fully saturated rings. The van der Waals surface area contributed by atoms with Gasteiger partial charge in [0.25, 0.3) is 0 Å². The average Bonchev–Trinajstić information content (AvgIpc) is 3.26. The van der Waals surface area contributed by atoms with Gasteiger partial charge < -0.3 is 25.7 Å². The number of carbonyl (C=O) groups is 1. The van der Waals surface area contributed by atoms with Crippen LogP contribution in [0, 0.1) is 5.92 Å². The molecule has 142 valence electrons.